The Morgan fingerprint density at radius 2 is 2.00 bits per heavy atom. The van der Waals surface area contributed by atoms with Gasteiger partial charge in [0.1, 0.15) is 0 Å². The van der Waals surface area contributed by atoms with E-state index in [9.17, 15) is 4.79 Å². The molecule has 0 unspecified atom stereocenters. The van der Waals surface area contributed by atoms with E-state index in [0.29, 0.717) is 6.42 Å². The van der Waals surface area contributed by atoms with Crippen LogP contribution in [0.25, 0.3) is 0 Å². The fourth-order valence-electron chi connectivity index (χ4n) is 2.79. The van der Waals surface area contributed by atoms with E-state index < -0.39 is 0 Å². The van der Waals surface area contributed by atoms with Crippen molar-refractivity contribution in [3.05, 3.63) is 29.3 Å². The van der Waals surface area contributed by atoms with Gasteiger partial charge in [-0.25, -0.2) is 0 Å². The van der Waals surface area contributed by atoms with Crippen LogP contribution in [-0.4, -0.2) is 25.5 Å². The van der Waals surface area contributed by atoms with Gasteiger partial charge in [-0.1, -0.05) is 19.1 Å². The van der Waals surface area contributed by atoms with Crippen molar-refractivity contribution in [1.29, 1.82) is 0 Å². The summed E-state index contributed by atoms with van der Waals surface area (Å²) in [6, 6.07) is 6.18. The first-order valence-corrected chi connectivity index (χ1v) is 7.75. The zero-order valence-corrected chi connectivity index (χ0v) is 13.0. The van der Waals surface area contributed by atoms with Gasteiger partial charge < -0.3 is 10.2 Å². The average molecular weight is 275 g/mol. The lowest BCUT2D eigenvalue weighted by atomic mass is 9.99. The predicted molar refractivity (Wildman–Crippen MR) is 83.1 cm³/mol. The van der Waals surface area contributed by atoms with Gasteiger partial charge in [0.2, 0.25) is 5.91 Å². The van der Waals surface area contributed by atoms with Crippen LogP contribution in [0.5, 0.6) is 0 Å². The summed E-state index contributed by atoms with van der Waals surface area (Å²) in [5, 5.41) is 3.05. The van der Waals surface area contributed by atoms with E-state index in [1.54, 1.807) is 4.90 Å². The molecule has 2 rings (SSSR count). The summed E-state index contributed by atoms with van der Waals surface area (Å²) in [7, 11) is 0. The number of nitrogens with one attached hydrogen (secondary N) is 2. The molecule has 20 heavy (non-hydrogen) atoms. The summed E-state index contributed by atoms with van der Waals surface area (Å²) >= 11 is 0. The number of anilines is 1. The summed E-state index contributed by atoms with van der Waals surface area (Å²) in [4.78, 5) is 13.6. The van der Waals surface area contributed by atoms with Crippen molar-refractivity contribution in [2.75, 3.05) is 25.0 Å². The van der Waals surface area contributed by atoms with Crippen molar-refractivity contribution in [1.82, 2.24) is 0 Å². The number of carbonyl (C=O) groups is 1. The second-order valence-corrected chi connectivity index (χ2v) is 6.30. The molecular formula is C17H27N2O+. The minimum atomic E-state index is 0.143. The van der Waals surface area contributed by atoms with E-state index in [1.807, 2.05) is 19.9 Å². The van der Waals surface area contributed by atoms with E-state index in [1.165, 1.54) is 31.5 Å². The highest BCUT2D eigenvalue weighted by Gasteiger charge is 2.19. The molecule has 0 spiro atoms. The van der Waals surface area contributed by atoms with Crippen molar-refractivity contribution in [3.63, 3.8) is 0 Å². The van der Waals surface area contributed by atoms with Crippen LogP contribution in [0.4, 0.5) is 5.69 Å². The van der Waals surface area contributed by atoms with E-state index in [0.717, 1.165) is 23.7 Å². The molecule has 1 aromatic carbocycles. The van der Waals surface area contributed by atoms with Gasteiger partial charge in [0.05, 0.1) is 26.1 Å². The second kappa shape index (κ2) is 6.89. The smallest absolute Gasteiger partial charge is 0.230 e. The lowest BCUT2D eigenvalue weighted by Gasteiger charge is -2.27. The molecule has 1 aromatic rings. The Bertz CT molecular complexity index is 462. The van der Waals surface area contributed by atoms with Gasteiger partial charge in [-0.05, 0) is 49.8 Å². The monoisotopic (exact) mass is 275 g/mol. The molecule has 3 heteroatoms. The molecule has 1 aliphatic heterocycles. The van der Waals surface area contributed by atoms with Gasteiger partial charge in [0.25, 0.3) is 0 Å². The Hall–Kier alpha value is -1.35. The predicted octanol–water partition coefficient (Wildman–Crippen LogP) is 1.95. The summed E-state index contributed by atoms with van der Waals surface area (Å²) in [6.45, 7) is 9.81. The van der Waals surface area contributed by atoms with Crippen molar-refractivity contribution in [2.24, 2.45) is 5.92 Å². The standard InChI is InChI=1S/C17H26N2O/c1-13-6-9-19(10-7-13)11-8-17(20)18-16-12-14(2)4-5-15(16)3/h4-5,12-13H,6-11H2,1-3H3,(H,18,20)/p+1. The maximum absolute atomic E-state index is 12.1. The summed E-state index contributed by atoms with van der Waals surface area (Å²) in [5.41, 5.74) is 3.27. The number of carbonyl (C=O) groups excluding carboxylic acids is 1. The number of quaternary nitrogens is 1. The van der Waals surface area contributed by atoms with E-state index >= 15 is 0 Å². The van der Waals surface area contributed by atoms with Gasteiger partial charge in [-0.2, -0.15) is 0 Å². The minimum Gasteiger partial charge on any atom is -0.334 e. The Morgan fingerprint density at radius 1 is 1.30 bits per heavy atom. The molecule has 1 amide bonds. The third kappa shape index (κ3) is 4.34. The minimum absolute atomic E-state index is 0.143. The highest BCUT2D eigenvalue weighted by Crippen LogP contribution is 2.16. The van der Waals surface area contributed by atoms with Crippen molar-refractivity contribution >= 4 is 11.6 Å². The molecule has 0 aromatic heterocycles. The fraction of sp³-hybridized carbons (Fsp3) is 0.588. The molecule has 0 atom stereocenters. The molecule has 1 aliphatic rings. The second-order valence-electron chi connectivity index (χ2n) is 6.30. The third-order valence-electron chi connectivity index (χ3n) is 4.35. The lowest BCUT2D eigenvalue weighted by Crippen LogP contribution is -3.13. The van der Waals surface area contributed by atoms with Crippen LogP contribution >= 0.6 is 0 Å². The zero-order chi connectivity index (χ0) is 14.5. The summed E-state index contributed by atoms with van der Waals surface area (Å²) in [5.74, 6) is 1.01. The summed E-state index contributed by atoms with van der Waals surface area (Å²) in [6.07, 6.45) is 3.22. The van der Waals surface area contributed by atoms with Gasteiger partial charge >= 0.3 is 0 Å². The van der Waals surface area contributed by atoms with Crippen LogP contribution in [0.3, 0.4) is 0 Å². The first kappa shape index (κ1) is 15.0. The van der Waals surface area contributed by atoms with E-state index in [4.69, 9.17) is 0 Å². The van der Waals surface area contributed by atoms with Crippen molar-refractivity contribution in [3.8, 4) is 0 Å². The molecule has 1 heterocycles. The number of piperidine rings is 1. The largest absolute Gasteiger partial charge is 0.334 e. The van der Waals surface area contributed by atoms with Crippen LogP contribution in [0.15, 0.2) is 18.2 Å². The number of hydrogen-bond donors (Lipinski definition) is 2. The molecule has 3 nitrogen and oxygen atoms in total. The number of benzene rings is 1. The van der Waals surface area contributed by atoms with Gasteiger partial charge in [0.15, 0.2) is 0 Å². The SMILES string of the molecule is Cc1ccc(C)c(NC(=O)CC[NH+]2CCC(C)CC2)c1. The van der Waals surface area contributed by atoms with Gasteiger partial charge in [-0.3, -0.25) is 4.79 Å². The highest BCUT2D eigenvalue weighted by molar-refractivity contribution is 5.91. The van der Waals surface area contributed by atoms with Crippen molar-refractivity contribution < 1.29 is 9.69 Å². The molecule has 0 bridgehead atoms. The zero-order valence-electron chi connectivity index (χ0n) is 13.0. The van der Waals surface area contributed by atoms with Crippen LogP contribution in [-0.2, 0) is 4.79 Å². The van der Waals surface area contributed by atoms with E-state index in [-0.39, 0.29) is 5.91 Å². The van der Waals surface area contributed by atoms with Crippen LogP contribution < -0.4 is 10.2 Å². The number of amides is 1. The first-order chi connectivity index (χ1) is 9.54. The molecule has 0 aliphatic carbocycles. The highest BCUT2D eigenvalue weighted by atomic mass is 16.1. The first-order valence-electron chi connectivity index (χ1n) is 7.75. The Morgan fingerprint density at radius 3 is 2.70 bits per heavy atom. The number of likely N-dealkylation sites (tertiary alicyclic amines) is 1. The average Bonchev–Trinajstić information content (AvgIpc) is 2.42. The lowest BCUT2D eigenvalue weighted by molar-refractivity contribution is -0.905. The Balaban J connectivity index is 1.79. The topological polar surface area (TPSA) is 33.5 Å². The van der Waals surface area contributed by atoms with Gasteiger partial charge in [0, 0.05) is 5.69 Å². The maximum Gasteiger partial charge on any atom is 0.230 e. The number of rotatable bonds is 4. The molecule has 110 valence electrons. The molecule has 0 radical (unpaired) electrons. The Kier molecular flexibility index (Phi) is 5.18. The molecule has 2 N–H and O–H groups in total. The molecule has 1 fully saturated rings. The van der Waals surface area contributed by atoms with Crippen LogP contribution in [0.1, 0.15) is 37.3 Å². The molecule has 1 saturated heterocycles. The quantitative estimate of drug-likeness (QED) is 0.865. The normalized spacial score (nSPS) is 22.6. The summed E-state index contributed by atoms with van der Waals surface area (Å²) < 4.78 is 0. The number of aryl methyl sites for hydroxylation is 2. The van der Waals surface area contributed by atoms with Crippen LogP contribution in [0, 0.1) is 19.8 Å². The third-order valence-corrected chi connectivity index (χ3v) is 4.35. The molecule has 0 saturated carbocycles. The van der Waals surface area contributed by atoms with Crippen molar-refractivity contribution in [2.45, 2.75) is 40.0 Å². The maximum atomic E-state index is 12.1. The number of hydrogen-bond acceptors (Lipinski definition) is 1. The fourth-order valence-corrected chi connectivity index (χ4v) is 2.79. The Labute approximate surface area is 122 Å². The van der Waals surface area contributed by atoms with E-state index in [2.05, 4.69) is 24.4 Å². The van der Waals surface area contributed by atoms with Gasteiger partial charge in [-0.15, -0.1) is 0 Å². The molecular weight excluding hydrogens is 248 g/mol. The van der Waals surface area contributed by atoms with Crippen LogP contribution in [0.2, 0.25) is 0 Å².